The van der Waals surface area contributed by atoms with E-state index in [1.165, 1.54) is 128 Å². The third kappa shape index (κ3) is 24.7. The summed E-state index contributed by atoms with van der Waals surface area (Å²) in [6.45, 7) is 4.48. The van der Waals surface area contributed by atoms with Gasteiger partial charge in [-0.15, -0.1) is 5.75 Å². The second-order valence-electron chi connectivity index (χ2n) is 16.9. The number of hydrogen-bond acceptors (Lipinski definition) is 9. The summed E-state index contributed by atoms with van der Waals surface area (Å²) in [4.78, 5) is -1.04. The molecule has 0 fully saturated rings. The van der Waals surface area contributed by atoms with Crippen molar-refractivity contribution in [3.05, 3.63) is 96.1 Å². The van der Waals surface area contributed by atoms with Crippen LogP contribution in [0.4, 0.5) is 0 Å². The SMILES string of the molecule is CCCCCCCCCCCCCCc1cc(Oc2ccccc2)c(S(=O)(=O)O)cc1O.CCCCCCCCCCCCCCc1cc(Oc2ccccc2)c(S(=O)(=O)[O-])cc1[O-].[Ca+2]. The molecule has 4 aromatic rings. The molecule has 65 heavy (non-hydrogen) atoms. The maximum absolute atomic E-state index is 12.4. The molecule has 0 aliphatic rings. The van der Waals surface area contributed by atoms with Crippen molar-refractivity contribution in [2.75, 3.05) is 0 Å². The number of phenolic OH excluding ortho intramolecular Hbond substituents is 1. The molecule has 0 bridgehead atoms. The Labute approximate surface area is 421 Å². The number of para-hydroxylation sites is 2. The molecule has 4 rings (SSSR count). The summed E-state index contributed by atoms with van der Waals surface area (Å²) >= 11 is 0. The zero-order valence-corrected chi connectivity index (χ0v) is 43.0. The average molecular weight is 963 g/mol. The van der Waals surface area contributed by atoms with Crippen LogP contribution in [0.25, 0.3) is 0 Å². The van der Waals surface area contributed by atoms with Crippen LogP contribution in [-0.2, 0) is 33.1 Å². The largest absolute Gasteiger partial charge is 2.00 e. The van der Waals surface area contributed by atoms with E-state index in [-0.39, 0.29) is 55.0 Å². The fraction of sp³-hybridized carbons (Fsp3) is 0.538. The van der Waals surface area contributed by atoms with Crippen LogP contribution >= 0.6 is 0 Å². The number of ether oxygens (including phenoxy) is 2. The van der Waals surface area contributed by atoms with Crippen LogP contribution in [-0.4, -0.2) is 68.8 Å². The Morgan fingerprint density at radius 3 is 1.18 bits per heavy atom. The maximum atomic E-state index is 12.4. The predicted octanol–water partition coefficient (Wildman–Crippen LogP) is 14.0. The number of benzene rings is 4. The maximum Gasteiger partial charge on any atom is 2.00 e. The van der Waals surface area contributed by atoms with Gasteiger partial charge in [-0.1, -0.05) is 197 Å². The van der Waals surface area contributed by atoms with Crippen molar-refractivity contribution in [1.29, 1.82) is 0 Å². The fourth-order valence-corrected chi connectivity index (χ4v) is 8.88. The zero-order valence-electron chi connectivity index (χ0n) is 39.2. The van der Waals surface area contributed by atoms with Crippen molar-refractivity contribution in [2.45, 2.75) is 191 Å². The van der Waals surface area contributed by atoms with E-state index in [4.69, 9.17) is 9.47 Å². The number of unbranched alkanes of at least 4 members (excludes halogenated alkanes) is 22. The Morgan fingerprint density at radius 1 is 0.477 bits per heavy atom. The van der Waals surface area contributed by atoms with Crippen molar-refractivity contribution in [2.24, 2.45) is 0 Å². The van der Waals surface area contributed by atoms with E-state index in [0.717, 1.165) is 50.7 Å². The van der Waals surface area contributed by atoms with Crippen LogP contribution in [0.15, 0.2) is 94.7 Å². The molecule has 0 spiro atoms. The number of aryl methyl sites for hydroxylation is 2. The Bertz CT molecular complexity index is 1950. The van der Waals surface area contributed by atoms with Gasteiger partial charge in [-0.2, -0.15) is 8.42 Å². The van der Waals surface area contributed by atoms with Gasteiger partial charge in [0.2, 0.25) is 0 Å². The van der Waals surface area contributed by atoms with E-state index in [2.05, 4.69) is 13.8 Å². The van der Waals surface area contributed by atoms with E-state index < -0.39 is 35.8 Å². The number of hydrogen-bond donors (Lipinski definition) is 2. The van der Waals surface area contributed by atoms with E-state index in [1.807, 2.05) is 6.07 Å². The summed E-state index contributed by atoms with van der Waals surface area (Å²) in [5, 5.41) is 22.7. The molecule has 0 radical (unpaired) electrons. The van der Waals surface area contributed by atoms with Crippen LogP contribution < -0.4 is 14.6 Å². The average Bonchev–Trinajstić information content (AvgIpc) is 3.26. The standard InChI is InChI=1S/2C26H38O5S.Ca/c2*1-2-3-4-5-6-7-8-9-10-11-12-14-17-22-20-25(31-23-18-15-13-16-19-23)26(21-24(22)27)32(28,29)30;/h2*13,15-16,18-21,27H,2-12,14,17H2,1H3,(H,28,29,30);/q;;+2/p-2. The van der Waals surface area contributed by atoms with Crippen molar-refractivity contribution in [3.63, 3.8) is 0 Å². The molecule has 356 valence electrons. The first-order chi connectivity index (χ1) is 30.8. The molecule has 0 heterocycles. The van der Waals surface area contributed by atoms with Crippen LogP contribution in [0.2, 0.25) is 0 Å². The van der Waals surface area contributed by atoms with Gasteiger partial charge in [0.25, 0.3) is 10.1 Å². The molecule has 0 amide bonds. The van der Waals surface area contributed by atoms with Crippen LogP contribution in [0.1, 0.15) is 179 Å². The minimum absolute atomic E-state index is 0. The smallest absolute Gasteiger partial charge is 0.872 e. The van der Waals surface area contributed by atoms with Crippen LogP contribution in [0.3, 0.4) is 0 Å². The molecule has 0 aliphatic carbocycles. The summed E-state index contributed by atoms with van der Waals surface area (Å²) in [6.07, 6.45) is 30.9. The Morgan fingerprint density at radius 2 is 0.815 bits per heavy atom. The van der Waals surface area contributed by atoms with E-state index in [1.54, 1.807) is 54.6 Å². The fourth-order valence-electron chi connectivity index (χ4n) is 7.67. The van der Waals surface area contributed by atoms with Crippen molar-refractivity contribution in [1.82, 2.24) is 0 Å². The van der Waals surface area contributed by atoms with Gasteiger partial charge in [0.15, 0.2) is 0 Å². The summed E-state index contributed by atoms with van der Waals surface area (Å²) in [7, 11) is -9.34. The minimum atomic E-state index is -4.81. The molecule has 2 N–H and O–H groups in total. The number of rotatable bonds is 32. The minimum Gasteiger partial charge on any atom is -0.872 e. The molecule has 0 atom stereocenters. The van der Waals surface area contributed by atoms with Gasteiger partial charge in [0.05, 0.1) is 4.90 Å². The molecule has 4 aromatic carbocycles. The van der Waals surface area contributed by atoms with Gasteiger partial charge in [0.1, 0.15) is 43.8 Å². The third-order valence-electron chi connectivity index (χ3n) is 11.4. The topological polar surface area (TPSA) is 173 Å². The molecule has 0 saturated heterocycles. The third-order valence-corrected chi connectivity index (χ3v) is 13.1. The van der Waals surface area contributed by atoms with Gasteiger partial charge < -0.3 is 24.2 Å². The van der Waals surface area contributed by atoms with E-state index >= 15 is 0 Å². The first-order valence-electron chi connectivity index (χ1n) is 23.9. The Balaban J connectivity index is 0.000000440. The van der Waals surface area contributed by atoms with Gasteiger partial charge in [-0.05, 0) is 73.7 Å². The molecular weight excluding hydrogens is 889 g/mol. The van der Waals surface area contributed by atoms with Gasteiger partial charge in [-0.3, -0.25) is 4.55 Å². The first-order valence-corrected chi connectivity index (χ1v) is 26.8. The van der Waals surface area contributed by atoms with Gasteiger partial charge >= 0.3 is 37.7 Å². The summed E-state index contributed by atoms with van der Waals surface area (Å²) in [5.41, 5.74) is 1.10. The van der Waals surface area contributed by atoms with Crippen LogP contribution in [0, 0.1) is 0 Å². The second kappa shape index (κ2) is 33.6. The second-order valence-corrected chi connectivity index (χ2v) is 19.6. The van der Waals surface area contributed by atoms with Gasteiger partial charge in [-0.25, -0.2) is 8.42 Å². The molecule has 0 unspecified atom stereocenters. The molecular formula is C52H74CaO10S2. The summed E-state index contributed by atoms with van der Waals surface area (Å²) in [5.74, 6) is 0.237. The Kier molecular flexibility index (Phi) is 30.1. The van der Waals surface area contributed by atoms with E-state index in [9.17, 15) is 36.2 Å². The molecule has 13 heteroatoms. The zero-order chi connectivity index (χ0) is 46.5. The molecule has 0 saturated carbocycles. The summed E-state index contributed by atoms with van der Waals surface area (Å²) < 4.78 is 79.2. The quantitative estimate of drug-likeness (QED) is 0.0272. The van der Waals surface area contributed by atoms with Crippen molar-refractivity contribution in [3.8, 4) is 34.5 Å². The summed E-state index contributed by atoms with van der Waals surface area (Å²) in [6, 6.07) is 22.3. The number of aromatic hydroxyl groups is 1. The molecule has 10 nitrogen and oxygen atoms in total. The number of phenols is 1. The van der Waals surface area contributed by atoms with Crippen molar-refractivity contribution < 1.29 is 45.6 Å². The van der Waals surface area contributed by atoms with Gasteiger partial charge in [0, 0.05) is 6.07 Å². The normalized spacial score (nSPS) is 11.4. The predicted molar refractivity (Wildman–Crippen MR) is 260 cm³/mol. The molecule has 0 aromatic heterocycles. The Hall–Kier alpha value is -2.84. The molecule has 0 aliphatic heterocycles. The monoisotopic (exact) mass is 962 g/mol. The van der Waals surface area contributed by atoms with Crippen LogP contribution in [0.5, 0.6) is 34.5 Å². The van der Waals surface area contributed by atoms with Crippen molar-refractivity contribution >= 4 is 58.0 Å². The first kappa shape index (κ1) is 58.3. The van der Waals surface area contributed by atoms with E-state index in [0.29, 0.717) is 35.5 Å².